The molecule has 2 aromatic rings. The number of aromatic nitrogens is 1. The van der Waals surface area contributed by atoms with E-state index in [0.717, 1.165) is 18.2 Å². The standard InChI is InChI=1S/C19H24N2O2/c1-20(2)19(23)17-12-15-10-6-7-11-16(15)18(22)21(17)13-14-8-4-3-5-9-14/h6-7,10-12,14H,3-5,8-9,13H2,1-2H3. The van der Waals surface area contributed by atoms with Crippen LogP contribution < -0.4 is 5.56 Å². The summed E-state index contributed by atoms with van der Waals surface area (Å²) in [7, 11) is 3.46. The Labute approximate surface area is 136 Å². The summed E-state index contributed by atoms with van der Waals surface area (Å²) < 4.78 is 1.71. The third kappa shape index (κ3) is 3.16. The van der Waals surface area contributed by atoms with Gasteiger partial charge in [-0.2, -0.15) is 0 Å². The summed E-state index contributed by atoms with van der Waals surface area (Å²) >= 11 is 0. The molecule has 23 heavy (non-hydrogen) atoms. The second-order valence-corrected chi connectivity index (χ2v) is 6.74. The molecule has 0 saturated heterocycles. The van der Waals surface area contributed by atoms with E-state index >= 15 is 0 Å². The number of benzene rings is 1. The summed E-state index contributed by atoms with van der Waals surface area (Å²) in [6.07, 6.45) is 6.03. The van der Waals surface area contributed by atoms with E-state index in [1.54, 1.807) is 23.6 Å². The van der Waals surface area contributed by atoms with E-state index in [2.05, 4.69) is 0 Å². The maximum absolute atomic E-state index is 12.9. The van der Waals surface area contributed by atoms with Gasteiger partial charge in [0.05, 0.1) is 0 Å². The van der Waals surface area contributed by atoms with Gasteiger partial charge >= 0.3 is 0 Å². The minimum atomic E-state index is -0.108. The van der Waals surface area contributed by atoms with Gasteiger partial charge in [-0.25, -0.2) is 0 Å². The molecule has 4 nitrogen and oxygen atoms in total. The van der Waals surface area contributed by atoms with Crippen molar-refractivity contribution in [3.63, 3.8) is 0 Å². The fourth-order valence-electron chi connectivity index (χ4n) is 3.51. The molecular weight excluding hydrogens is 288 g/mol. The summed E-state index contributed by atoms with van der Waals surface area (Å²) in [5, 5.41) is 1.53. The van der Waals surface area contributed by atoms with E-state index in [1.807, 2.05) is 30.3 Å². The van der Waals surface area contributed by atoms with Crippen LogP contribution in [-0.4, -0.2) is 29.5 Å². The number of hydrogen-bond acceptors (Lipinski definition) is 2. The van der Waals surface area contributed by atoms with E-state index in [1.165, 1.54) is 19.3 Å². The Hall–Kier alpha value is -2.10. The van der Waals surface area contributed by atoms with E-state index < -0.39 is 0 Å². The maximum atomic E-state index is 12.9. The quantitative estimate of drug-likeness (QED) is 0.873. The van der Waals surface area contributed by atoms with Crippen LogP contribution in [0.4, 0.5) is 0 Å². The minimum Gasteiger partial charge on any atom is -0.343 e. The highest BCUT2D eigenvalue weighted by atomic mass is 16.2. The van der Waals surface area contributed by atoms with Crippen LogP contribution >= 0.6 is 0 Å². The van der Waals surface area contributed by atoms with Gasteiger partial charge in [0, 0.05) is 26.0 Å². The molecule has 3 rings (SSSR count). The van der Waals surface area contributed by atoms with Gasteiger partial charge in [-0.05, 0) is 36.3 Å². The second-order valence-electron chi connectivity index (χ2n) is 6.74. The predicted molar refractivity (Wildman–Crippen MR) is 92.8 cm³/mol. The number of amides is 1. The Kier molecular flexibility index (Phi) is 4.51. The number of fused-ring (bicyclic) bond motifs is 1. The highest BCUT2D eigenvalue weighted by Crippen LogP contribution is 2.25. The Morgan fingerprint density at radius 1 is 1.17 bits per heavy atom. The number of pyridine rings is 1. The van der Waals surface area contributed by atoms with Gasteiger partial charge in [-0.1, -0.05) is 37.5 Å². The molecule has 1 heterocycles. The van der Waals surface area contributed by atoms with Crippen molar-refractivity contribution in [3.8, 4) is 0 Å². The van der Waals surface area contributed by atoms with Crippen LogP contribution in [0.1, 0.15) is 42.6 Å². The van der Waals surface area contributed by atoms with Gasteiger partial charge in [0.1, 0.15) is 5.69 Å². The average Bonchev–Trinajstić information content (AvgIpc) is 2.57. The second kappa shape index (κ2) is 6.57. The molecule has 1 saturated carbocycles. The van der Waals surface area contributed by atoms with Gasteiger partial charge in [0.2, 0.25) is 0 Å². The zero-order valence-corrected chi connectivity index (χ0v) is 13.9. The van der Waals surface area contributed by atoms with Crippen LogP contribution in [0.15, 0.2) is 35.1 Å². The third-order valence-corrected chi connectivity index (χ3v) is 4.81. The molecule has 1 amide bonds. The largest absolute Gasteiger partial charge is 0.343 e. The zero-order chi connectivity index (χ0) is 16.4. The summed E-state index contributed by atoms with van der Waals surface area (Å²) in [6, 6.07) is 9.38. The van der Waals surface area contributed by atoms with Gasteiger partial charge in [-0.3, -0.25) is 9.59 Å². The lowest BCUT2D eigenvalue weighted by Crippen LogP contribution is -2.34. The molecule has 0 spiro atoms. The fraction of sp³-hybridized carbons (Fsp3) is 0.474. The molecule has 0 unspecified atom stereocenters. The molecule has 1 aromatic heterocycles. The molecule has 0 atom stereocenters. The minimum absolute atomic E-state index is 0.0427. The van der Waals surface area contributed by atoms with Crippen molar-refractivity contribution >= 4 is 16.7 Å². The van der Waals surface area contributed by atoms with Crippen LogP contribution in [0.2, 0.25) is 0 Å². The first-order valence-electron chi connectivity index (χ1n) is 8.42. The lowest BCUT2D eigenvalue weighted by Gasteiger charge is -2.24. The fourth-order valence-corrected chi connectivity index (χ4v) is 3.51. The Balaban J connectivity index is 2.11. The van der Waals surface area contributed by atoms with Crippen molar-refractivity contribution in [2.45, 2.75) is 38.6 Å². The number of rotatable bonds is 3. The number of nitrogens with zero attached hydrogens (tertiary/aromatic N) is 2. The van der Waals surface area contributed by atoms with Crippen LogP contribution in [0.5, 0.6) is 0 Å². The molecule has 122 valence electrons. The zero-order valence-electron chi connectivity index (χ0n) is 13.9. The Morgan fingerprint density at radius 2 is 1.87 bits per heavy atom. The molecule has 4 heteroatoms. The molecule has 0 N–H and O–H groups in total. The van der Waals surface area contributed by atoms with Gasteiger partial charge in [-0.15, -0.1) is 0 Å². The number of carbonyl (C=O) groups is 1. The van der Waals surface area contributed by atoms with Crippen molar-refractivity contribution in [1.82, 2.24) is 9.47 Å². The predicted octanol–water partition coefficient (Wildman–Crippen LogP) is 3.28. The highest BCUT2D eigenvalue weighted by Gasteiger charge is 2.21. The SMILES string of the molecule is CN(C)C(=O)c1cc2ccccc2c(=O)n1CC1CCCCC1. The third-order valence-electron chi connectivity index (χ3n) is 4.81. The summed E-state index contributed by atoms with van der Waals surface area (Å²) in [5.74, 6) is 0.389. The molecule has 1 aromatic carbocycles. The molecule has 0 radical (unpaired) electrons. The Morgan fingerprint density at radius 3 is 2.57 bits per heavy atom. The monoisotopic (exact) mass is 312 g/mol. The topological polar surface area (TPSA) is 42.3 Å². The lowest BCUT2D eigenvalue weighted by molar-refractivity contribution is 0.0814. The smallest absolute Gasteiger partial charge is 0.270 e. The lowest BCUT2D eigenvalue weighted by atomic mass is 9.89. The normalized spacial score (nSPS) is 15.7. The molecular formula is C19H24N2O2. The summed E-state index contributed by atoms with van der Waals surface area (Å²) in [6.45, 7) is 0.651. The molecule has 1 fully saturated rings. The first kappa shape index (κ1) is 15.8. The molecule has 0 bridgehead atoms. The highest BCUT2D eigenvalue weighted by molar-refractivity contribution is 5.96. The summed E-state index contributed by atoms with van der Waals surface area (Å²) in [4.78, 5) is 27.1. The molecule has 1 aliphatic carbocycles. The van der Waals surface area contributed by atoms with Crippen LogP contribution in [0.25, 0.3) is 10.8 Å². The molecule has 0 aliphatic heterocycles. The Bertz CT molecular complexity index is 771. The van der Waals surface area contributed by atoms with Crippen molar-refractivity contribution in [3.05, 3.63) is 46.4 Å². The van der Waals surface area contributed by atoms with E-state index in [4.69, 9.17) is 0 Å². The first-order chi connectivity index (χ1) is 11.1. The van der Waals surface area contributed by atoms with Crippen LogP contribution in [0.3, 0.4) is 0 Å². The van der Waals surface area contributed by atoms with Gasteiger partial charge < -0.3 is 9.47 Å². The average molecular weight is 312 g/mol. The maximum Gasteiger partial charge on any atom is 0.270 e. The van der Waals surface area contributed by atoms with Crippen LogP contribution in [0, 0.1) is 5.92 Å². The van der Waals surface area contributed by atoms with Crippen LogP contribution in [-0.2, 0) is 6.54 Å². The first-order valence-corrected chi connectivity index (χ1v) is 8.42. The van der Waals surface area contributed by atoms with Crippen molar-refractivity contribution in [2.75, 3.05) is 14.1 Å². The van der Waals surface area contributed by atoms with E-state index in [-0.39, 0.29) is 11.5 Å². The molecule has 1 aliphatic rings. The van der Waals surface area contributed by atoms with Crippen molar-refractivity contribution in [1.29, 1.82) is 0 Å². The number of hydrogen-bond donors (Lipinski definition) is 0. The van der Waals surface area contributed by atoms with Crippen molar-refractivity contribution < 1.29 is 4.79 Å². The van der Waals surface area contributed by atoms with Gasteiger partial charge in [0.15, 0.2) is 0 Å². The van der Waals surface area contributed by atoms with Gasteiger partial charge in [0.25, 0.3) is 11.5 Å². The number of carbonyl (C=O) groups excluding carboxylic acids is 1. The summed E-state index contributed by atoms with van der Waals surface area (Å²) in [5.41, 5.74) is 0.461. The van der Waals surface area contributed by atoms with Crippen molar-refractivity contribution in [2.24, 2.45) is 5.92 Å². The van der Waals surface area contributed by atoms with E-state index in [9.17, 15) is 9.59 Å². The van der Waals surface area contributed by atoms with E-state index in [0.29, 0.717) is 23.5 Å².